The maximum Gasteiger partial charge on any atom is 0.262 e. The molecule has 0 aliphatic heterocycles. The number of rotatable bonds is 7. The minimum absolute atomic E-state index is 0.0165. The van der Waals surface area contributed by atoms with Gasteiger partial charge in [-0.1, -0.05) is 53.5 Å². The highest BCUT2D eigenvalue weighted by Gasteiger charge is 2.38. The monoisotopic (exact) mass is 514 g/mol. The fourth-order valence-electron chi connectivity index (χ4n) is 3.51. The Morgan fingerprint density at radius 2 is 1.66 bits per heavy atom. The Hall–Kier alpha value is -3.04. The predicted molar refractivity (Wildman–Crippen MR) is 122 cm³/mol. The third kappa shape index (κ3) is 4.18. The second-order valence-corrected chi connectivity index (χ2v) is 10.00. The van der Waals surface area contributed by atoms with E-state index in [2.05, 4.69) is 27.6 Å². The molecule has 2 aromatic carbocycles. The maximum absolute atomic E-state index is 13.4. The molecule has 0 saturated heterocycles. The van der Waals surface area contributed by atoms with Crippen molar-refractivity contribution < 1.29 is 22.6 Å². The summed E-state index contributed by atoms with van der Waals surface area (Å²) in [6.07, 6.45) is 7.09. The van der Waals surface area contributed by atoms with E-state index in [9.17, 15) is 18.0 Å². The fourth-order valence-corrected chi connectivity index (χ4v) is 4.84. The second-order valence-electron chi connectivity index (χ2n) is 7.40. The lowest BCUT2D eigenvalue weighted by atomic mass is 9.90. The van der Waals surface area contributed by atoms with Gasteiger partial charge < -0.3 is 0 Å². The number of nitrogens with zero attached hydrogens (tertiary/aromatic N) is 2. The Balaban J connectivity index is 1.84. The number of aromatic nitrogens is 2. The summed E-state index contributed by atoms with van der Waals surface area (Å²) in [5.41, 5.74) is 0.119. The first-order valence-corrected chi connectivity index (χ1v) is 12.4. The Bertz CT molecular complexity index is 1340. The van der Waals surface area contributed by atoms with Crippen LogP contribution < -0.4 is 9.29 Å². The van der Waals surface area contributed by atoms with E-state index in [0.29, 0.717) is 0 Å². The van der Waals surface area contributed by atoms with E-state index in [0.717, 1.165) is 23.9 Å². The van der Waals surface area contributed by atoms with Crippen LogP contribution in [0.2, 0.25) is 0 Å². The van der Waals surface area contributed by atoms with E-state index in [-0.39, 0.29) is 27.4 Å². The number of fused-ring (bicyclic) bond motifs is 1. The summed E-state index contributed by atoms with van der Waals surface area (Å²) in [6.45, 7) is 2.82. The average Bonchev–Trinajstić information content (AvgIpc) is 3.24. The molecule has 0 unspecified atom stereocenters. The van der Waals surface area contributed by atoms with Crippen molar-refractivity contribution in [1.29, 1.82) is 0 Å². The molecule has 4 rings (SSSR count). The summed E-state index contributed by atoms with van der Waals surface area (Å²) >= 11 is 3.28. The number of halogens is 1. The smallest absolute Gasteiger partial charge is 0.262 e. The maximum atomic E-state index is 13.4. The number of carbonyl (C=O) groups excluding carboxylic acids is 2. The molecule has 9 heteroatoms. The zero-order chi connectivity index (χ0) is 22.9. The zero-order valence-electron chi connectivity index (χ0n) is 17.3. The molecule has 1 aliphatic carbocycles. The van der Waals surface area contributed by atoms with Crippen molar-refractivity contribution in [1.82, 2.24) is 9.29 Å². The molecule has 0 atom stereocenters. The number of hydrogen-bond donors (Lipinski definition) is 1. The highest BCUT2D eigenvalue weighted by Crippen LogP contribution is 2.29. The molecule has 32 heavy (non-hydrogen) atoms. The summed E-state index contributed by atoms with van der Waals surface area (Å²) < 4.78 is 32.6. The first-order valence-electron chi connectivity index (χ1n) is 10.1. The zero-order valence-corrected chi connectivity index (χ0v) is 19.7. The van der Waals surface area contributed by atoms with Crippen molar-refractivity contribution in [2.75, 3.05) is 0 Å². The quantitative estimate of drug-likeness (QED) is 0.488. The van der Waals surface area contributed by atoms with Gasteiger partial charge in [0.2, 0.25) is 23.6 Å². The van der Waals surface area contributed by atoms with Crippen LogP contribution in [0.5, 0.6) is 0 Å². The van der Waals surface area contributed by atoms with Crippen molar-refractivity contribution in [3.8, 4) is 0 Å². The van der Waals surface area contributed by atoms with Gasteiger partial charge in [0.15, 0.2) is 0 Å². The number of allylic oxidation sites excluding steroid dienone is 2. The lowest BCUT2D eigenvalue weighted by Crippen LogP contribution is -2.36. The van der Waals surface area contributed by atoms with E-state index in [1.165, 1.54) is 22.8 Å². The van der Waals surface area contributed by atoms with Crippen LogP contribution in [-0.2, 0) is 16.6 Å². The summed E-state index contributed by atoms with van der Waals surface area (Å²) in [7, 11) is -4.11. The van der Waals surface area contributed by atoms with Gasteiger partial charge in [-0.25, -0.2) is 13.0 Å². The molecular formula is C23H21BrN3O4S+. The van der Waals surface area contributed by atoms with Gasteiger partial charge in [-0.15, -0.1) is 0 Å². The van der Waals surface area contributed by atoms with Crippen LogP contribution in [0, 0.1) is 0 Å². The van der Waals surface area contributed by atoms with Gasteiger partial charge >= 0.3 is 0 Å². The van der Waals surface area contributed by atoms with Crippen molar-refractivity contribution in [3.05, 3.63) is 88.5 Å². The highest BCUT2D eigenvalue weighted by molar-refractivity contribution is 9.10. The summed E-state index contributed by atoms with van der Waals surface area (Å²) in [4.78, 5) is 26.7. The van der Waals surface area contributed by atoms with Gasteiger partial charge in [-0.05, 0) is 30.7 Å². The molecule has 1 N–H and O–H groups in total. The first kappa shape index (κ1) is 22.2. The lowest BCUT2D eigenvalue weighted by Gasteiger charge is -2.19. The summed E-state index contributed by atoms with van der Waals surface area (Å²) in [5, 5.41) is 0. The van der Waals surface area contributed by atoms with E-state index in [1.54, 1.807) is 49.1 Å². The van der Waals surface area contributed by atoms with Gasteiger partial charge in [-0.2, -0.15) is 4.57 Å². The SMILES string of the molecule is CCCC[n+]1ccn(C2=C(NS(=O)(=O)c3ccc(Br)cc3)C(=O)c3ccccc3C2=O)c1. The third-order valence-corrected chi connectivity index (χ3v) is 7.07. The van der Waals surface area contributed by atoms with Gasteiger partial charge in [-0.3, -0.25) is 14.3 Å². The number of aryl methyl sites for hydroxylation is 1. The van der Waals surface area contributed by atoms with Crippen LogP contribution in [0.1, 0.15) is 40.5 Å². The van der Waals surface area contributed by atoms with Crippen LogP contribution >= 0.6 is 15.9 Å². The van der Waals surface area contributed by atoms with Gasteiger partial charge in [0, 0.05) is 15.6 Å². The number of Topliss-reactive ketones (excluding diaryl/α,β-unsaturated/α-hetero) is 2. The Morgan fingerprint density at radius 1 is 1.00 bits per heavy atom. The van der Waals surface area contributed by atoms with Crippen LogP contribution in [0.25, 0.3) is 5.70 Å². The number of imidazole rings is 1. The fraction of sp³-hybridized carbons (Fsp3) is 0.174. The van der Waals surface area contributed by atoms with Crippen molar-refractivity contribution >= 4 is 43.2 Å². The van der Waals surface area contributed by atoms with E-state index in [4.69, 9.17) is 0 Å². The summed E-state index contributed by atoms with van der Waals surface area (Å²) in [6, 6.07) is 12.4. The number of unbranched alkanes of at least 4 members (excludes halogenated alkanes) is 1. The number of carbonyl (C=O) groups is 2. The topological polar surface area (TPSA) is 89.1 Å². The molecule has 0 fully saturated rings. The van der Waals surface area contributed by atoms with Crippen molar-refractivity contribution in [2.45, 2.75) is 31.2 Å². The molecule has 3 aromatic rings. The largest absolute Gasteiger partial charge is 0.287 e. The van der Waals surface area contributed by atoms with Crippen LogP contribution in [-0.4, -0.2) is 24.6 Å². The van der Waals surface area contributed by atoms with Gasteiger partial charge in [0.1, 0.15) is 18.1 Å². The number of benzene rings is 2. The molecule has 7 nitrogen and oxygen atoms in total. The van der Waals surface area contributed by atoms with Crippen molar-refractivity contribution in [3.63, 3.8) is 0 Å². The van der Waals surface area contributed by atoms with E-state index < -0.39 is 21.6 Å². The molecule has 1 aliphatic rings. The first-order chi connectivity index (χ1) is 15.3. The molecule has 164 valence electrons. The number of ketones is 2. The van der Waals surface area contributed by atoms with Crippen LogP contribution in [0.4, 0.5) is 0 Å². The predicted octanol–water partition coefficient (Wildman–Crippen LogP) is 3.56. The molecule has 0 bridgehead atoms. The van der Waals surface area contributed by atoms with Gasteiger partial charge in [0.25, 0.3) is 10.0 Å². The molecular weight excluding hydrogens is 494 g/mol. The molecule has 1 aromatic heterocycles. The Morgan fingerprint density at radius 3 is 2.31 bits per heavy atom. The number of hydrogen-bond acceptors (Lipinski definition) is 4. The van der Waals surface area contributed by atoms with Gasteiger partial charge in [0.05, 0.1) is 11.4 Å². The minimum Gasteiger partial charge on any atom is -0.287 e. The Kier molecular flexibility index (Phi) is 6.12. The highest BCUT2D eigenvalue weighted by atomic mass is 79.9. The molecule has 1 heterocycles. The molecule has 0 saturated carbocycles. The molecule has 0 amide bonds. The number of sulfonamides is 1. The standard InChI is InChI=1S/C23H20BrN3O4S/c1-2-3-12-26-13-14-27(15-26)21-20(22(28)18-6-4-5-7-19(18)23(21)29)25-32(30,31)17-10-8-16(24)9-11-17/h4-11,13-15H,2-3,12H2,1H3/p+1. The third-order valence-electron chi connectivity index (χ3n) is 5.18. The summed E-state index contributed by atoms with van der Waals surface area (Å²) in [5.74, 6) is -0.975. The molecule has 0 spiro atoms. The average molecular weight is 515 g/mol. The molecule has 0 radical (unpaired) electrons. The Labute approximate surface area is 194 Å². The van der Waals surface area contributed by atoms with Crippen LogP contribution in [0.3, 0.4) is 0 Å². The normalized spacial score (nSPS) is 13.9. The lowest BCUT2D eigenvalue weighted by molar-refractivity contribution is -0.696. The minimum atomic E-state index is -4.11. The van der Waals surface area contributed by atoms with E-state index in [1.807, 2.05) is 4.57 Å². The van der Waals surface area contributed by atoms with E-state index >= 15 is 0 Å². The number of nitrogens with one attached hydrogen (secondary N) is 1. The van der Waals surface area contributed by atoms with Crippen molar-refractivity contribution in [2.24, 2.45) is 0 Å². The van der Waals surface area contributed by atoms with Crippen LogP contribution in [0.15, 0.2) is 82.3 Å². The second kappa shape index (κ2) is 8.84.